The molecule has 0 bridgehead atoms. The highest BCUT2D eigenvalue weighted by Gasteiger charge is 2.27. The van der Waals surface area contributed by atoms with Crippen LogP contribution in [0.4, 0.5) is 5.82 Å². The maximum absolute atomic E-state index is 12.4. The largest absolute Gasteiger partial charge is 0.497 e. The van der Waals surface area contributed by atoms with Gasteiger partial charge in [-0.25, -0.2) is 4.98 Å². The van der Waals surface area contributed by atoms with Gasteiger partial charge in [-0.15, -0.1) is 0 Å². The predicted octanol–water partition coefficient (Wildman–Crippen LogP) is 3.04. The summed E-state index contributed by atoms with van der Waals surface area (Å²) in [4.78, 5) is 19.3. The third-order valence-electron chi connectivity index (χ3n) is 4.61. The molecule has 4 rings (SSSR count). The molecule has 0 spiro atoms. The summed E-state index contributed by atoms with van der Waals surface area (Å²) in [6.45, 7) is 0.909. The van der Waals surface area contributed by atoms with E-state index in [1.807, 2.05) is 30.3 Å². The Morgan fingerprint density at radius 1 is 1.17 bits per heavy atom. The summed E-state index contributed by atoms with van der Waals surface area (Å²) in [5.41, 5.74) is 1.86. The normalized spacial score (nSPS) is 17.4. The monoisotopic (exact) mass is 321 g/mol. The average Bonchev–Trinajstić information content (AvgIpc) is 3.11. The van der Waals surface area contributed by atoms with E-state index in [9.17, 15) is 4.79 Å². The molecule has 2 aromatic heterocycles. The summed E-state index contributed by atoms with van der Waals surface area (Å²) >= 11 is 0. The molecule has 1 saturated heterocycles. The first-order valence-corrected chi connectivity index (χ1v) is 8.15. The molecule has 3 aromatic rings. The van der Waals surface area contributed by atoms with Gasteiger partial charge in [-0.05, 0) is 42.7 Å². The van der Waals surface area contributed by atoms with Crippen LogP contribution in [0, 0.1) is 0 Å². The maximum atomic E-state index is 12.4. The van der Waals surface area contributed by atoms with Gasteiger partial charge < -0.3 is 9.64 Å². The van der Waals surface area contributed by atoms with E-state index in [4.69, 9.17) is 9.72 Å². The average molecular weight is 321 g/mol. The highest BCUT2D eigenvalue weighted by Crippen LogP contribution is 2.35. The fourth-order valence-corrected chi connectivity index (χ4v) is 3.40. The Hall–Kier alpha value is -2.82. The summed E-state index contributed by atoms with van der Waals surface area (Å²) in [5, 5.41) is 0. The van der Waals surface area contributed by atoms with Gasteiger partial charge in [0.15, 0.2) is 0 Å². The first kappa shape index (κ1) is 14.8. The molecule has 0 unspecified atom stereocenters. The molecule has 0 radical (unpaired) electrons. The zero-order valence-electron chi connectivity index (χ0n) is 13.6. The molecule has 1 aliphatic rings. The van der Waals surface area contributed by atoms with Crippen molar-refractivity contribution >= 4 is 11.5 Å². The minimum Gasteiger partial charge on any atom is -0.497 e. The Kier molecular flexibility index (Phi) is 3.69. The minimum atomic E-state index is -0.0454. The molecule has 0 amide bonds. The Morgan fingerprint density at radius 3 is 2.79 bits per heavy atom. The highest BCUT2D eigenvalue weighted by molar-refractivity contribution is 5.50. The number of rotatable bonds is 3. The van der Waals surface area contributed by atoms with Gasteiger partial charge in [-0.3, -0.25) is 9.20 Å². The van der Waals surface area contributed by atoms with Crippen molar-refractivity contribution in [3.63, 3.8) is 0 Å². The first-order chi connectivity index (χ1) is 11.8. The number of ether oxygens (including phenoxy) is 1. The van der Waals surface area contributed by atoms with Gasteiger partial charge in [0.05, 0.1) is 13.2 Å². The summed E-state index contributed by atoms with van der Waals surface area (Å²) in [7, 11) is 1.67. The van der Waals surface area contributed by atoms with E-state index in [0.29, 0.717) is 5.65 Å². The second-order valence-corrected chi connectivity index (χ2v) is 6.01. The van der Waals surface area contributed by atoms with Crippen LogP contribution in [0.1, 0.15) is 24.4 Å². The summed E-state index contributed by atoms with van der Waals surface area (Å²) in [5.74, 6) is 1.61. The number of hydrogen-bond acceptors (Lipinski definition) is 4. The fraction of sp³-hybridized carbons (Fsp3) is 0.263. The molecule has 5 nitrogen and oxygen atoms in total. The predicted molar refractivity (Wildman–Crippen MR) is 93.8 cm³/mol. The van der Waals surface area contributed by atoms with E-state index >= 15 is 0 Å². The summed E-state index contributed by atoms with van der Waals surface area (Å²) < 4.78 is 6.81. The number of anilines is 1. The summed E-state index contributed by atoms with van der Waals surface area (Å²) in [6, 6.07) is 15.6. The van der Waals surface area contributed by atoms with Crippen molar-refractivity contribution < 1.29 is 4.74 Å². The van der Waals surface area contributed by atoms with E-state index < -0.39 is 0 Å². The molecule has 1 aliphatic heterocycles. The Labute approximate surface area is 140 Å². The standard InChI is InChI=1S/C19H19N3O2/c1-24-15-9-7-14(8-10-15)16-5-4-12-21(16)18-13-19(23)22-11-3-2-6-17(22)20-18/h2-3,6-11,13,16H,4-5,12H2,1H3/t16-/m0/s1. The molecular weight excluding hydrogens is 302 g/mol. The lowest BCUT2D eigenvalue weighted by atomic mass is 10.0. The molecule has 1 fully saturated rings. The fourth-order valence-electron chi connectivity index (χ4n) is 3.40. The van der Waals surface area contributed by atoms with Gasteiger partial charge in [0.1, 0.15) is 17.2 Å². The Morgan fingerprint density at radius 2 is 2.00 bits per heavy atom. The van der Waals surface area contributed by atoms with Crippen LogP contribution in [0.2, 0.25) is 0 Å². The first-order valence-electron chi connectivity index (χ1n) is 8.15. The smallest absolute Gasteiger partial charge is 0.259 e. The van der Waals surface area contributed by atoms with Crippen molar-refractivity contribution in [1.82, 2.24) is 9.38 Å². The highest BCUT2D eigenvalue weighted by atomic mass is 16.5. The lowest BCUT2D eigenvalue weighted by Gasteiger charge is -2.26. The van der Waals surface area contributed by atoms with Gasteiger partial charge in [-0.2, -0.15) is 0 Å². The molecular formula is C19H19N3O2. The lowest BCUT2D eigenvalue weighted by molar-refractivity contribution is 0.414. The van der Waals surface area contributed by atoms with Gasteiger partial charge >= 0.3 is 0 Å². The van der Waals surface area contributed by atoms with Crippen LogP contribution in [0.25, 0.3) is 5.65 Å². The van der Waals surface area contributed by atoms with Crippen LogP contribution >= 0.6 is 0 Å². The van der Waals surface area contributed by atoms with Gasteiger partial charge in [0.2, 0.25) is 0 Å². The third-order valence-corrected chi connectivity index (χ3v) is 4.61. The molecule has 0 aliphatic carbocycles. The molecule has 3 heterocycles. The van der Waals surface area contributed by atoms with Crippen LogP contribution in [-0.4, -0.2) is 23.0 Å². The number of benzene rings is 1. The second kappa shape index (κ2) is 6.00. The molecule has 122 valence electrons. The molecule has 5 heteroatoms. The van der Waals surface area contributed by atoms with Crippen LogP contribution in [0.5, 0.6) is 5.75 Å². The molecule has 1 aromatic carbocycles. The van der Waals surface area contributed by atoms with E-state index in [-0.39, 0.29) is 11.6 Å². The van der Waals surface area contributed by atoms with Gasteiger partial charge in [0, 0.05) is 18.8 Å². The van der Waals surface area contributed by atoms with Crippen molar-refractivity contribution in [2.45, 2.75) is 18.9 Å². The van der Waals surface area contributed by atoms with Crippen molar-refractivity contribution in [3.8, 4) is 5.75 Å². The van der Waals surface area contributed by atoms with Crippen LogP contribution in [0.3, 0.4) is 0 Å². The number of hydrogen-bond donors (Lipinski definition) is 0. The molecule has 1 atom stereocenters. The third kappa shape index (κ3) is 2.52. The lowest BCUT2D eigenvalue weighted by Crippen LogP contribution is -2.26. The quantitative estimate of drug-likeness (QED) is 0.744. The van der Waals surface area contributed by atoms with E-state index in [0.717, 1.165) is 31.0 Å². The van der Waals surface area contributed by atoms with Gasteiger partial charge in [-0.1, -0.05) is 18.2 Å². The van der Waals surface area contributed by atoms with Crippen molar-refractivity contribution in [1.29, 1.82) is 0 Å². The van der Waals surface area contributed by atoms with Gasteiger partial charge in [0.25, 0.3) is 5.56 Å². The number of nitrogens with zero attached hydrogens (tertiary/aromatic N) is 3. The Bertz CT molecular complexity index is 918. The van der Waals surface area contributed by atoms with Crippen molar-refractivity contribution in [2.75, 3.05) is 18.6 Å². The number of fused-ring (bicyclic) bond motifs is 1. The number of pyridine rings is 1. The number of methoxy groups -OCH3 is 1. The van der Waals surface area contributed by atoms with Crippen molar-refractivity contribution in [3.05, 3.63) is 70.6 Å². The summed E-state index contributed by atoms with van der Waals surface area (Å²) in [6.07, 6.45) is 3.90. The van der Waals surface area contributed by atoms with Crippen LogP contribution < -0.4 is 15.2 Å². The van der Waals surface area contributed by atoms with Crippen LogP contribution in [0.15, 0.2) is 59.5 Å². The van der Waals surface area contributed by atoms with Crippen LogP contribution in [-0.2, 0) is 0 Å². The zero-order valence-corrected chi connectivity index (χ0v) is 13.6. The molecule has 0 saturated carbocycles. The zero-order chi connectivity index (χ0) is 16.5. The van der Waals surface area contributed by atoms with E-state index in [2.05, 4.69) is 17.0 Å². The molecule has 24 heavy (non-hydrogen) atoms. The SMILES string of the molecule is COc1ccc([C@@H]2CCCN2c2cc(=O)n3ccccc3n2)cc1. The number of aromatic nitrogens is 2. The van der Waals surface area contributed by atoms with E-state index in [1.165, 1.54) is 5.56 Å². The Balaban J connectivity index is 1.73. The van der Waals surface area contributed by atoms with E-state index in [1.54, 1.807) is 23.8 Å². The second-order valence-electron chi connectivity index (χ2n) is 6.01. The molecule has 0 N–H and O–H groups in total. The van der Waals surface area contributed by atoms with Crippen molar-refractivity contribution in [2.24, 2.45) is 0 Å². The maximum Gasteiger partial charge on any atom is 0.259 e. The minimum absolute atomic E-state index is 0.0454. The topological polar surface area (TPSA) is 46.8 Å².